The van der Waals surface area contributed by atoms with Crippen molar-refractivity contribution in [3.8, 4) is 0 Å². The lowest BCUT2D eigenvalue weighted by Gasteiger charge is -2.13. The van der Waals surface area contributed by atoms with Gasteiger partial charge in [0, 0.05) is 0 Å². The van der Waals surface area contributed by atoms with Gasteiger partial charge in [0.15, 0.2) is 0 Å². The molecule has 0 aromatic heterocycles. The average molecular weight is 387 g/mol. The number of nitrogen functional groups attached to an aromatic ring is 6. The standard InChI is InChI=1S/C6H12N6.6ClH/c7-1-2(8)4(10)6(12)5(11)3(1)9;;;;;;/h7-12H2;6*1H. The summed E-state index contributed by atoms with van der Waals surface area (Å²) >= 11 is 0. The number of nitrogens with two attached hydrogens (primary N) is 6. The van der Waals surface area contributed by atoms with E-state index in [0.717, 1.165) is 0 Å². The van der Waals surface area contributed by atoms with E-state index in [1.807, 2.05) is 0 Å². The Kier molecular flexibility index (Phi) is 26.4. The first-order valence-corrected chi connectivity index (χ1v) is 3.23. The van der Waals surface area contributed by atoms with E-state index in [1.54, 1.807) is 0 Å². The van der Waals surface area contributed by atoms with Crippen LogP contribution in [0.4, 0.5) is 34.1 Å². The molecule has 0 aliphatic carbocycles. The molecule has 0 amide bonds. The molecule has 6 nitrogen and oxygen atoms in total. The smallest absolute Gasteiger partial charge is 0.0825 e. The predicted molar refractivity (Wildman–Crippen MR) is 96.4 cm³/mol. The number of rotatable bonds is 0. The molecule has 114 valence electrons. The molecule has 0 radical (unpaired) electrons. The molecule has 0 saturated heterocycles. The molecule has 1 rings (SSSR count). The van der Waals surface area contributed by atoms with Gasteiger partial charge in [-0.2, -0.15) is 0 Å². The SMILES string of the molecule is Cl.Cl.Cl.Cl.Cl.Cl.Nc1c(N)c(N)c(N)c(N)c1N. The van der Waals surface area contributed by atoms with E-state index in [-0.39, 0.29) is 109 Å². The van der Waals surface area contributed by atoms with Crippen molar-refractivity contribution in [2.24, 2.45) is 0 Å². The molecule has 0 fully saturated rings. The van der Waals surface area contributed by atoms with Crippen molar-refractivity contribution < 1.29 is 0 Å². The Labute approximate surface area is 142 Å². The number of halogens is 6. The van der Waals surface area contributed by atoms with E-state index in [0.29, 0.717) is 0 Å². The third-order valence-electron chi connectivity index (χ3n) is 1.74. The molecular formula is C6H18Cl6N6. The summed E-state index contributed by atoms with van der Waals surface area (Å²) in [4.78, 5) is 0. The minimum absolute atomic E-state index is 0. The van der Waals surface area contributed by atoms with Gasteiger partial charge in [-0.05, 0) is 0 Å². The number of hydrogen-bond donors (Lipinski definition) is 6. The highest BCUT2D eigenvalue weighted by molar-refractivity contribution is 6.02. The summed E-state index contributed by atoms with van der Waals surface area (Å²) < 4.78 is 0. The van der Waals surface area contributed by atoms with Crippen LogP contribution < -0.4 is 34.4 Å². The van der Waals surface area contributed by atoms with Gasteiger partial charge in [0.05, 0.1) is 34.1 Å². The first kappa shape index (κ1) is 36.1. The van der Waals surface area contributed by atoms with Crippen molar-refractivity contribution in [2.75, 3.05) is 34.4 Å². The first-order valence-electron chi connectivity index (χ1n) is 3.23. The van der Waals surface area contributed by atoms with Gasteiger partial charge < -0.3 is 34.4 Å². The quantitative estimate of drug-likeness (QED) is 0.372. The molecule has 12 heteroatoms. The maximum atomic E-state index is 5.49. The summed E-state index contributed by atoms with van der Waals surface area (Å²) in [6.45, 7) is 0. The second kappa shape index (κ2) is 13.2. The second-order valence-electron chi connectivity index (χ2n) is 2.48. The van der Waals surface area contributed by atoms with Crippen LogP contribution in [0.25, 0.3) is 0 Å². The zero-order valence-electron chi connectivity index (χ0n) is 8.91. The van der Waals surface area contributed by atoms with Crippen LogP contribution >= 0.6 is 74.4 Å². The van der Waals surface area contributed by atoms with Crippen molar-refractivity contribution in [3.63, 3.8) is 0 Å². The molecule has 0 spiro atoms. The molecule has 0 unspecified atom stereocenters. The van der Waals surface area contributed by atoms with Crippen LogP contribution in [0.1, 0.15) is 0 Å². The van der Waals surface area contributed by atoms with Crippen molar-refractivity contribution in [2.45, 2.75) is 0 Å². The van der Waals surface area contributed by atoms with Gasteiger partial charge in [0.1, 0.15) is 0 Å². The molecule has 0 bridgehead atoms. The van der Waals surface area contributed by atoms with Crippen LogP contribution in [-0.4, -0.2) is 0 Å². The molecule has 0 atom stereocenters. The van der Waals surface area contributed by atoms with Crippen LogP contribution in [0.2, 0.25) is 0 Å². The van der Waals surface area contributed by atoms with Gasteiger partial charge in [0.25, 0.3) is 0 Å². The molecular weight excluding hydrogens is 369 g/mol. The van der Waals surface area contributed by atoms with E-state index in [2.05, 4.69) is 0 Å². The molecule has 1 aromatic rings. The minimum atomic E-state index is 0. The van der Waals surface area contributed by atoms with Gasteiger partial charge in [-0.3, -0.25) is 0 Å². The lowest BCUT2D eigenvalue weighted by Crippen LogP contribution is -2.10. The monoisotopic (exact) mass is 384 g/mol. The topological polar surface area (TPSA) is 156 Å². The van der Waals surface area contributed by atoms with Crippen molar-refractivity contribution >= 4 is 109 Å². The molecule has 0 aliphatic rings. The second-order valence-corrected chi connectivity index (χ2v) is 2.48. The van der Waals surface area contributed by atoms with Gasteiger partial charge in [-0.15, -0.1) is 74.4 Å². The third-order valence-corrected chi connectivity index (χ3v) is 1.74. The highest BCUT2D eigenvalue weighted by Gasteiger charge is 2.12. The third kappa shape index (κ3) is 6.08. The Morgan fingerprint density at radius 2 is 0.333 bits per heavy atom. The summed E-state index contributed by atoms with van der Waals surface area (Å²) in [7, 11) is 0. The Morgan fingerprint density at radius 1 is 0.278 bits per heavy atom. The van der Waals surface area contributed by atoms with Crippen LogP contribution in [-0.2, 0) is 0 Å². The highest BCUT2D eigenvalue weighted by Crippen LogP contribution is 2.39. The number of hydrogen-bond acceptors (Lipinski definition) is 6. The predicted octanol–water partition coefficient (Wildman–Crippen LogP) is 1.71. The Bertz CT molecular complexity index is 243. The van der Waals surface area contributed by atoms with E-state index < -0.39 is 0 Å². The van der Waals surface area contributed by atoms with Gasteiger partial charge in [-0.1, -0.05) is 0 Å². The maximum absolute atomic E-state index is 5.49. The Morgan fingerprint density at radius 3 is 0.389 bits per heavy atom. The molecule has 18 heavy (non-hydrogen) atoms. The lowest BCUT2D eigenvalue weighted by molar-refractivity contribution is 1.61. The lowest BCUT2D eigenvalue weighted by atomic mass is 10.1. The fourth-order valence-electron chi connectivity index (χ4n) is 0.871. The maximum Gasteiger partial charge on any atom is 0.0825 e. The Balaban J connectivity index is -0.0000000600. The minimum Gasteiger partial charge on any atom is -0.395 e. The fourth-order valence-corrected chi connectivity index (χ4v) is 0.871. The summed E-state index contributed by atoms with van der Waals surface area (Å²) in [5.41, 5.74) is 34.0. The van der Waals surface area contributed by atoms with E-state index in [1.165, 1.54) is 0 Å². The van der Waals surface area contributed by atoms with Crippen molar-refractivity contribution in [1.82, 2.24) is 0 Å². The normalized spacial score (nSPS) is 6.67. The van der Waals surface area contributed by atoms with Crippen molar-refractivity contribution in [3.05, 3.63) is 0 Å². The van der Waals surface area contributed by atoms with Crippen LogP contribution in [0.3, 0.4) is 0 Å². The molecule has 12 N–H and O–H groups in total. The largest absolute Gasteiger partial charge is 0.395 e. The summed E-state index contributed by atoms with van der Waals surface area (Å²) in [5.74, 6) is 0. The first-order chi connectivity index (χ1) is 5.46. The molecule has 1 aromatic carbocycles. The average Bonchev–Trinajstić information content (AvgIpc) is 2.08. The molecule has 0 saturated carbocycles. The van der Waals surface area contributed by atoms with Crippen LogP contribution in [0.15, 0.2) is 0 Å². The van der Waals surface area contributed by atoms with Gasteiger partial charge in [0.2, 0.25) is 0 Å². The van der Waals surface area contributed by atoms with E-state index >= 15 is 0 Å². The summed E-state index contributed by atoms with van der Waals surface area (Å²) in [5, 5.41) is 0. The van der Waals surface area contributed by atoms with Crippen molar-refractivity contribution in [1.29, 1.82) is 0 Å². The number of benzene rings is 1. The zero-order valence-corrected chi connectivity index (χ0v) is 13.8. The van der Waals surface area contributed by atoms with Gasteiger partial charge >= 0.3 is 0 Å². The Hall–Kier alpha value is -0.240. The summed E-state index contributed by atoms with van der Waals surface area (Å²) in [6, 6.07) is 0. The molecule has 0 heterocycles. The number of anilines is 6. The summed E-state index contributed by atoms with van der Waals surface area (Å²) in [6.07, 6.45) is 0. The zero-order chi connectivity index (χ0) is 9.46. The van der Waals surface area contributed by atoms with E-state index in [4.69, 9.17) is 34.4 Å². The van der Waals surface area contributed by atoms with Gasteiger partial charge in [-0.25, -0.2) is 0 Å². The van der Waals surface area contributed by atoms with E-state index in [9.17, 15) is 0 Å². The van der Waals surface area contributed by atoms with Crippen LogP contribution in [0, 0.1) is 0 Å². The molecule has 0 aliphatic heterocycles. The highest BCUT2D eigenvalue weighted by atomic mass is 35.5. The fraction of sp³-hybridized carbons (Fsp3) is 0. The van der Waals surface area contributed by atoms with Crippen LogP contribution in [0.5, 0.6) is 0 Å².